The zero-order valence-electron chi connectivity index (χ0n) is 14.4. The first kappa shape index (κ1) is 16.8. The summed E-state index contributed by atoms with van der Waals surface area (Å²) < 4.78 is 27.6. The van der Waals surface area contributed by atoms with Gasteiger partial charge in [0, 0.05) is 0 Å². The van der Waals surface area contributed by atoms with Crippen molar-refractivity contribution in [2.75, 3.05) is 28.4 Å². The maximum Gasteiger partial charge on any atom is 0.203 e. The van der Waals surface area contributed by atoms with Gasteiger partial charge < -0.3 is 23.7 Å². The zero-order valence-corrected chi connectivity index (χ0v) is 14.4. The van der Waals surface area contributed by atoms with E-state index in [1.807, 2.05) is 38.1 Å². The number of aryl methyl sites for hydroxylation is 2. The van der Waals surface area contributed by atoms with Gasteiger partial charge in [-0.2, -0.15) is 0 Å². The molecule has 0 aromatic heterocycles. The van der Waals surface area contributed by atoms with Gasteiger partial charge in [0.25, 0.3) is 0 Å². The topological polar surface area (TPSA) is 46.2 Å². The average Bonchev–Trinajstić information content (AvgIpc) is 2.53. The van der Waals surface area contributed by atoms with Crippen LogP contribution in [0.1, 0.15) is 11.1 Å². The standard InChI is InChI=1S/C18H22O5/c1-11-7-13(19-3)17(21-5)15(9-11)23-16-10-12(2)8-14(20-4)18(16)22-6/h7-10H,1-6H3. The van der Waals surface area contributed by atoms with Gasteiger partial charge in [0.05, 0.1) is 28.4 Å². The van der Waals surface area contributed by atoms with Gasteiger partial charge in [0.15, 0.2) is 23.0 Å². The van der Waals surface area contributed by atoms with Crippen molar-refractivity contribution in [3.05, 3.63) is 35.4 Å². The Bertz CT molecular complexity index is 635. The van der Waals surface area contributed by atoms with E-state index in [0.29, 0.717) is 34.5 Å². The van der Waals surface area contributed by atoms with Gasteiger partial charge in [-0.3, -0.25) is 0 Å². The first-order chi connectivity index (χ1) is 11.0. The Morgan fingerprint density at radius 1 is 0.522 bits per heavy atom. The molecule has 124 valence electrons. The van der Waals surface area contributed by atoms with E-state index in [1.165, 1.54) is 0 Å². The predicted molar refractivity (Wildman–Crippen MR) is 88.6 cm³/mol. The highest BCUT2D eigenvalue weighted by atomic mass is 16.6. The molecule has 2 aromatic rings. The maximum atomic E-state index is 6.06. The fourth-order valence-corrected chi connectivity index (χ4v) is 2.39. The lowest BCUT2D eigenvalue weighted by Gasteiger charge is -2.18. The molecule has 0 spiro atoms. The fourth-order valence-electron chi connectivity index (χ4n) is 2.39. The molecule has 0 aliphatic carbocycles. The Morgan fingerprint density at radius 3 is 1.17 bits per heavy atom. The first-order valence-corrected chi connectivity index (χ1v) is 7.17. The van der Waals surface area contributed by atoms with E-state index < -0.39 is 0 Å². The molecule has 0 unspecified atom stereocenters. The van der Waals surface area contributed by atoms with Crippen molar-refractivity contribution in [1.29, 1.82) is 0 Å². The van der Waals surface area contributed by atoms with Crippen LogP contribution in [0.5, 0.6) is 34.5 Å². The normalized spacial score (nSPS) is 10.2. The summed E-state index contributed by atoms with van der Waals surface area (Å²) in [7, 11) is 6.34. The predicted octanol–water partition coefficient (Wildman–Crippen LogP) is 4.13. The van der Waals surface area contributed by atoms with Crippen molar-refractivity contribution in [3.63, 3.8) is 0 Å². The van der Waals surface area contributed by atoms with Crippen molar-refractivity contribution in [1.82, 2.24) is 0 Å². The van der Waals surface area contributed by atoms with Gasteiger partial charge >= 0.3 is 0 Å². The van der Waals surface area contributed by atoms with Gasteiger partial charge in [-0.1, -0.05) is 0 Å². The molecule has 2 rings (SSSR count). The lowest BCUT2D eigenvalue weighted by Crippen LogP contribution is -1.98. The molecule has 5 nitrogen and oxygen atoms in total. The van der Waals surface area contributed by atoms with E-state index in [1.54, 1.807) is 28.4 Å². The van der Waals surface area contributed by atoms with Crippen molar-refractivity contribution in [2.24, 2.45) is 0 Å². The summed E-state index contributed by atoms with van der Waals surface area (Å²) in [6.07, 6.45) is 0. The van der Waals surface area contributed by atoms with Crippen LogP contribution in [-0.4, -0.2) is 28.4 Å². The van der Waals surface area contributed by atoms with Crippen LogP contribution in [0.2, 0.25) is 0 Å². The van der Waals surface area contributed by atoms with Crippen molar-refractivity contribution in [2.45, 2.75) is 13.8 Å². The van der Waals surface area contributed by atoms with Gasteiger partial charge in [0.1, 0.15) is 0 Å². The number of hydrogen-bond acceptors (Lipinski definition) is 5. The molecule has 0 atom stereocenters. The van der Waals surface area contributed by atoms with E-state index in [-0.39, 0.29) is 0 Å². The molecule has 0 aliphatic heterocycles. The monoisotopic (exact) mass is 318 g/mol. The second kappa shape index (κ2) is 7.13. The van der Waals surface area contributed by atoms with E-state index in [2.05, 4.69) is 0 Å². The number of ether oxygens (including phenoxy) is 5. The van der Waals surface area contributed by atoms with E-state index in [4.69, 9.17) is 23.7 Å². The third-order valence-corrected chi connectivity index (χ3v) is 3.40. The van der Waals surface area contributed by atoms with Gasteiger partial charge in [0.2, 0.25) is 11.5 Å². The summed E-state index contributed by atoms with van der Waals surface area (Å²) in [6, 6.07) is 7.55. The van der Waals surface area contributed by atoms with Crippen molar-refractivity contribution >= 4 is 0 Å². The number of benzene rings is 2. The molecule has 0 radical (unpaired) electrons. The third kappa shape index (κ3) is 3.44. The highest BCUT2D eigenvalue weighted by Gasteiger charge is 2.18. The Kier molecular flexibility index (Phi) is 5.21. The quantitative estimate of drug-likeness (QED) is 0.801. The van der Waals surface area contributed by atoms with E-state index in [9.17, 15) is 0 Å². The molecule has 0 aliphatic rings. The zero-order chi connectivity index (χ0) is 17.0. The van der Waals surface area contributed by atoms with Crippen LogP contribution < -0.4 is 23.7 Å². The Morgan fingerprint density at radius 2 is 0.870 bits per heavy atom. The summed E-state index contributed by atoms with van der Waals surface area (Å²) in [6.45, 7) is 3.92. The van der Waals surface area contributed by atoms with E-state index in [0.717, 1.165) is 11.1 Å². The molecule has 0 bridgehead atoms. The SMILES string of the molecule is COc1cc(C)cc(Oc2cc(C)cc(OC)c2OC)c1OC. The van der Waals surface area contributed by atoms with Crippen LogP contribution >= 0.6 is 0 Å². The minimum absolute atomic E-state index is 0.528. The molecule has 0 N–H and O–H groups in total. The molecule has 0 saturated carbocycles. The summed E-state index contributed by atoms with van der Waals surface area (Å²) in [5.74, 6) is 3.38. The van der Waals surface area contributed by atoms with Crippen LogP contribution in [0.25, 0.3) is 0 Å². The van der Waals surface area contributed by atoms with Crippen LogP contribution in [0, 0.1) is 13.8 Å². The van der Waals surface area contributed by atoms with Gasteiger partial charge in [-0.25, -0.2) is 0 Å². The van der Waals surface area contributed by atoms with Crippen LogP contribution in [0.3, 0.4) is 0 Å². The van der Waals surface area contributed by atoms with E-state index >= 15 is 0 Å². The molecule has 23 heavy (non-hydrogen) atoms. The number of methoxy groups -OCH3 is 4. The summed E-state index contributed by atoms with van der Waals surface area (Å²) >= 11 is 0. The molecule has 5 heteroatoms. The minimum Gasteiger partial charge on any atom is -0.493 e. The Hall–Kier alpha value is -2.56. The molecule has 0 fully saturated rings. The molecular formula is C18H22O5. The summed E-state index contributed by atoms with van der Waals surface area (Å²) in [5, 5.41) is 0. The van der Waals surface area contributed by atoms with Crippen molar-refractivity contribution in [3.8, 4) is 34.5 Å². The second-order valence-corrected chi connectivity index (χ2v) is 5.10. The Labute approximate surface area is 136 Å². The molecular weight excluding hydrogens is 296 g/mol. The molecule has 2 aromatic carbocycles. The average molecular weight is 318 g/mol. The molecule has 0 saturated heterocycles. The number of hydrogen-bond donors (Lipinski definition) is 0. The summed E-state index contributed by atoms with van der Waals surface area (Å²) in [4.78, 5) is 0. The van der Waals surface area contributed by atoms with Crippen molar-refractivity contribution < 1.29 is 23.7 Å². The lowest BCUT2D eigenvalue weighted by molar-refractivity contribution is 0.319. The summed E-state index contributed by atoms with van der Waals surface area (Å²) in [5.41, 5.74) is 1.99. The minimum atomic E-state index is 0.528. The van der Waals surface area contributed by atoms with Crippen LogP contribution in [0.4, 0.5) is 0 Å². The van der Waals surface area contributed by atoms with Crippen LogP contribution in [0.15, 0.2) is 24.3 Å². The fraction of sp³-hybridized carbons (Fsp3) is 0.333. The lowest BCUT2D eigenvalue weighted by atomic mass is 10.2. The highest BCUT2D eigenvalue weighted by Crippen LogP contribution is 2.45. The van der Waals surface area contributed by atoms with Gasteiger partial charge in [-0.05, 0) is 49.2 Å². The van der Waals surface area contributed by atoms with Crippen LogP contribution in [-0.2, 0) is 0 Å². The smallest absolute Gasteiger partial charge is 0.203 e. The Balaban J connectivity index is 2.55. The molecule has 0 heterocycles. The molecule has 0 amide bonds. The second-order valence-electron chi connectivity index (χ2n) is 5.10. The maximum absolute atomic E-state index is 6.06. The first-order valence-electron chi connectivity index (χ1n) is 7.17. The highest BCUT2D eigenvalue weighted by molar-refractivity contribution is 5.59. The number of rotatable bonds is 6. The largest absolute Gasteiger partial charge is 0.493 e. The third-order valence-electron chi connectivity index (χ3n) is 3.40. The van der Waals surface area contributed by atoms with Gasteiger partial charge in [-0.15, -0.1) is 0 Å².